The van der Waals surface area contributed by atoms with Crippen LogP contribution in [0.25, 0.3) is 0 Å². The number of alkyl halides is 3. The number of thioether (sulfide) groups is 1. The molecule has 0 aliphatic carbocycles. The topological polar surface area (TPSA) is 86.7 Å². The molecule has 228 valence electrons. The highest BCUT2D eigenvalue weighted by Crippen LogP contribution is 2.36. The van der Waals surface area contributed by atoms with E-state index >= 15 is 0 Å². The highest BCUT2D eigenvalue weighted by Gasteiger charge is 2.32. The van der Waals surface area contributed by atoms with E-state index in [1.54, 1.807) is 36.1 Å². The van der Waals surface area contributed by atoms with Gasteiger partial charge in [0.05, 0.1) is 24.6 Å². The van der Waals surface area contributed by atoms with Gasteiger partial charge >= 0.3 is 12.1 Å². The number of ether oxygens (including phenoxy) is 3. The van der Waals surface area contributed by atoms with E-state index in [4.69, 9.17) is 19.0 Å². The lowest BCUT2D eigenvalue weighted by molar-refractivity contribution is -0.194. The third-order valence-electron chi connectivity index (χ3n) is 6.33. The molecule has 1 aliphatic rings. The van der Waals surface area contributed by atoms with Crippen molar-refractivity contribution in [3.05, 3.63) is 89.5 Å². The Hall–Kier alpha value is -4.03. The van der Waals surface area contributed by atoms with E-state index < -0.39 is 24.9 Å². The Morgan fingerprint density at radius 1 is 1.05 bits per heavy atom. The summed E-state index contributed by atoms with van der Waals surface area (Å²) in [7, 11) is 1.50. The first kappa shape index (κ1) is 31.9. The molecule has 0 spiro atoms. The number of nitrogens with zero attached hydrogens (tertiary/aromatic N) is 2. The van der Waals surface area contributed by atoms with Gasteiger partial charge in [-0.25, -0.2) is 4.79 Å². The van der Waals surface area contributed by atoms with Gasteiger partial charge in [0, 0.05) is 22.4 Å². The second-order valence-electron chi connectivity index (χ2n) is 9.37. The van der Waals surface area contributed by atoms with Gasteiger partial charge in [0.2, 0.25) is 5.91 Å². The summed E-state index contributed by atoms with van der Waals surface area (Å²) in [6, 6.07) is 22.0. The van der Waals surface area contributed by atoms with E-state index in [1.807, 2.05) is 48.5 Å². The molecule has 0 fully saturated rings. The number of amides is 1. The molecule has 3 aromatic rings. The number of carbonyl (C=O) groups excluding carboxylic acids is 2. The lowest BCUT2D eigenvalue weighted by Gasteiger charge is -2.29. The minimum Gasteiger partial charge on any atom is -0.492 e. The standard InChI is InChI=1S/C31H31F3N2O6S/c1-3-40-30(38)26(42-20-31(32,33)34)17-21-9-12-24(13-10-21)41-16-15-36-25-14-11-23(18-27(25)43-19-28(36)37)29(35-39-2)22-7-5-4-6-8-22/h4-14,18,26H,3,15-17,19-20H2,1-2H3. The molecular formula is C31H31F3N2O6S. The SMILES string of the molecule is CCOC(=O)C(Cc1ccc(OCCN2C(=O)CSc3cc(C(=NOC)c4ccccc4)ccc32)cc1)OCC(F)(F)F. The zero-order chi connectivity index (χ0) is 30.8. The molecule has 0 saturated carbocycles. The van der Waals surface area contributed by atoms with Gasteiger partial charge in [-0.15, -0.1) is 11.8 Å². The van der Waals surface area contributed by atoms with Gasteiger partial charge < -0.3 is 23.9 Å². The fourth-order valence-corrected chi connectivity index (χ4v) is 5.36. The van der Waals surface area contributed by atoms with E-state index in [9.17, 15) is 22.8 Å². The zero-order valence-corrected chi connectivity index (χ0v) is 24.5. The number of oxime groups is 1. The molecule has 43 heavy (non-hydrogen) atoms. The molecule has 0 saturated heterocycles. The molecule has 1 unspecified atom stereocenters. The number of benzene rings is 3. The Morgan fingerprint density at radius 2 is 1.79 bits per heavy atom. The highest BCUT2D eigenvalue weighted by atomic mass is 32.2. The Morgan fingerprint density at radius 3 is 2.47 bits per heavy atom. The maximum Gasteiger partial charge on any atom is 0.411 e. The van der Waals surface area contributed by atoms with Crippen LogP contribution in [0.3, 0.4) is 0 Å². The Kier molecular flexibility index (Phi) is 11.1. The summed E-state index contributed by atoms with van der Waals surface area (Å²) < 4.78 is 53.4. The van der Waals surface area contributed by atoms with Gasteiger partial charge in [-0.05, 0) is 36.8 Å². The number of hydrogen-bond acceptors (Lipinski definition) is 8. The Bertz CT molecular complexity index is 1420. The summed E-state index contributed by atoms with van der Waals surface area (Å²) in [4.78, 5) is 32.6. The molecule has 0 bridgehead atoms. The first-order chi connectivity index (χ1) is 20.7. The van der Waals surface area contributed by atoms with Crippen LogP contribution in [0.5, 0.6) is 5.75 Å². The summed E-state index contributed by atoms with van der Waals surface area (Å²) in [5.74, 6) is -0.107. The number of hydrogen-bond donors (Lipinski definition) is 0. The van der Waals surface area contributed by atoms with Crippen molar-refractivity contribution >= 4 is 35.0 Å². The first-order valence-electron chi connectivity index (χ1n) is 13.5. The Labute approximate surface area is 251 Å². The minimum atomic E-state index is -4.57. The van der Waals surface area contributed by atoms with Crippen LogP contribution in [0.4, 0.5) is 18.9 Å². The van der Waals surface area contributed by atoms with Crippen LogP contribution in [0.1, 0.15) is 23.6 Å². The Balaban J connectivity index is 1.38. The number of anilines is 1. The van der Waals surface area contributed by atoms with Gasteiger partial charge in [0.25, 0.3) is 0 Å². The molecule has 0 aromatic heterocycles. The normalized spacial score (nSPS) is 14.2. The summed E-state index contributed by atoms with van der Waals surface area (Å²) >= 11 is 1.46. The number of carbonyl (C=O) groups is 2. The molecule has 3 aromatic carbocycles. The molecule has 12 heteroatoms. The average Bonchev–Trinajstić information content (AvgIpc) is 2.99. The monoisotopic (exact) mass is 616 g/mol. The molecule has 1 heterocycles. The molecule has 1 aliphatic heterocycles. The van der Waals surface area contributed by atoms with Crippen LogP contribution < -0.4 is 9.64 Å². The largest absolute Gasteiger partial charge is 0.492 e. The molecule has 1 amide bonds. The van der Waals surface area contributed by atoms with Gasteiger partial charge in [-0.1, -0.05) is 53.7 Å². The molecular weight excluding hydrogens is 585 g/mol. The quantitative estimate of drug-likeness (QED) is 0.139. The van der Waals surface area contributed by atoms with E-state index in [2.05, 4.69) is 5.16 Å². The first-order valence-corrected chi connectivity index (χ1v) is 14.5. The fraction of sp³-hybridized carbons (Fsp3) is 0.323. The predicted molar refractivity (Wildman–Crippen MR) is 157 cm³/mol. The summed E-state index contributed by atoms with van der Waals surface area (Å²) in [6.07, 6.45) is -6.04. The van der Waals surface area contributed by atoms with Crippen molar-refractivity contribution in [1.82, 2.24) is 0 Å². The number of esters is 1. The van der Waals surface area contributed by atoms with Crippen molar-refractivity contribution in [2.45, 2.75) is 30.5 Å². The van der Waals surface area contributed by atoms with Gasteiger partial charge in [-0.3, -0.25) is 4.79 Å². The lowest BCUT2D eigenvalue weighted by atomic mass is 10.0. The van der Waals surface area contributed by atoms with Crippen molar-refractivity contribution in [3.63, 3.8) is 0 Å². The second kappa shape index (κ2) is 14.9. The fourth-order valence-electron chi connectivity index (χ4n) is 4.39. The van der Waals surface area contributed by atoms with Crippen molar-refractivity contribution in [1.29, 1.82) is 0 Å². The van der Waals surface area contributed by atoms with Crippen LogP contribution in [-0.4, -0.2) is 69.1 Å². The molecule has 0 radical (unpaired) electrons. The summed E-state index contributed by atoms with van der Waals surface area (Å²) in [5.41, 5.74) is 3.80. The van der Waals surface area contributed by atoms with Gasteiger partial charge in [-0.2, -0.15) is 13.2 Å². The van der Waals surface area contributed by atoms with Crippen LogP contribution in [0.2, 0.25) is 0 Å². The van der Waals surface area contributed by atoms with E-state index in [-0.39, 0.29) is 31.3 Å². The van der Waals surface area contributed by atoms with Gasteiger partial charge in [0.1, 0.15) is 31.8 Å². The minimum absolute atomic E-state index is 0.0259. The number of fused-ring (bicyclic) bond motifs is 1. The average molecular weight is 617 g/mol. The van der Waals surface area contributed by atoms with Crippen LogP contribution >= 0.6 is 11.8 Å². The molecule has 1 atom stereocenters. The molecule has 8 nitrogen and oxygen atoms in total. The number of rotatable bonds is 13. The number of halogens is 3. The second-order valence-corrected chi connectivity index (χ2v) is 10.4. The molecule has 0 N–H and O–H groups in total. The third-order valence-corrected chi connectivity index (χ3v) is 7.36. The lowest BCUT2D eigenvalue weighted by Crippen LogP contribution is -2.38. The third kappa shape index (κ3) is 8.98. The van der Waals surface area contributed by atoms with E-state index in [1.165, 1.54) is 18.9 Å². The van der Waals surface area contributed by atoms with E-state index in [0.29, 0.717) is 23.6 Å². The maximum absolute atomic E-state index is 12.8. The van der Waals surface area contributed by atoms with Crippen LogP contribution in [-0.2, 0) is 30.3 Å². The summed E-state index contributed by atoms with van der Waals surface area (Å²) in [5, 5.41) is 4.22. The maximum atomic E-state index is 12.8. The van der Waals surface area contributed by atoms with Crippen molar-refractivity contribution in [2.24, 2.45) is 5.16 Å². The molecule has 4 rings (SSSR count). The smallest absolute Gasteiger partial charge is 0.411 e. The predicted octanol–water partition coefficient (Wildman–Crippen LogP) is 5.66. The van der Waals surface area contributed by atoms with Gasteiger partial charge in [0.15, 0.2) is 6.10 Å². The zero-order valence-electron chi connectivity index (χ0n) is 23.6. The summed E-state index contributed by atoms with van der Waals surface area (Å²) in [6.45, 7) is 0.554. The highest BCUT2D eigenvalue weighted by molar-refractivity contribution is 8.00. The van der Waals surface area contributed by atoms with Crippen molar-refractivity contribution in [2.75, 3.05) is 44.1 Å². The van der Waals surface area contributed by atoms with Crippen LogP contribution in [0, 0.1) is 0 Å². The van der Waals surface area contributed by atoms with Crippen molar-refractivity contribution in [3.8, 4) is 5.75 Å². The van der Waals surface area contributed by atoms with E-state index in [0.717, 1.165) is 21.7 Å². The van der Waals surface area contributed by atoms with Crippen molar-refractivity contribution < 1.29 is 41.8 Å². The van der Waals surface area contributed by atoms with Crippen LogP contribution in [0.15, 0.2) is 82.8 Å².